The van der Waals surface area contributed by atoms with Crippen molar-refractivity contribution in [2.45, 2.75) is 13.3 Å². The van der Waals surface area contributed by atoms with Gasteiger partial charge in [0.05, 0.1) is 10.4 Å². The molecule has 134 valence electrons. The Morgan fingerprint density at radius 3 is 2.63 bits per heavy atom. The zero-order valence-corrected chi connectivity index (χ0v) is 14.4. The lowest BCUT2D eigenvalue weighted by molar-refractivity contribution is -0.384. The molecule has 0 unspecified atom stereocenters. The summed E-state index contributed by atoms with van der Waals surface area (Å²) in [7, 11) is 0. The van der Waals surface area contributed by atoms with E-state index in [0.29, 0.717) is 16.7 Å². The Balaban J connectivity index is 1.81. The number of rotatable bonds is 5. The van der Waals surface area contributed by atoms with Gasteiger partial charge in [-0.3, -0.25) is 10.1 Å². The van der Waals surface area contributed by atoms with Crippen LogP contribution in [0.4, 0.5) is 17.2 Å². The fraction of sp³-hybridized carbons (Fsp3) is 0.111. The van der Waals surface area contributed by atoms with Crippen molar-refractivity contribution in [3.05, 3.63) is 70.5 Å². The maximum absolute atomic E-state index is 11.8. The van der Waals surface area contributed by atoms with Crippen LogP contribution in [0.2, 0.25) is 0 Å². The molecule has 0 aliphatic heterocycles. The van der Waals surface area contributed by atoms with Gasteiger partial charge in [-0.2, -0.15) is 4.68 Å². The maximum atomic E-state index is 11.8. The molecule has 0 amide bonds. The average Bonchev–Trinajstić information content (AvgIpc) is 3.12. The molecule has 9 heteroatoms. The summed E-state index contributed by atoms with van der Waals surface area (Å²) in [6.07, 6.45) is 2.18. The van der Waals surface area contributed by atoms with E-state index in [2.05, 4.69) is 32.5 Å². The number of aryl methyl sites for hydroxylation is 1. The third kappa shape index (κ3) is 3.06. The summed E-state index contributed by atoms with van der Waals surface area (Å²) in [4.78, 5) is 19.4. The number of aromatic nitrogens is 5. The minimum atomic E-state index is -0.519. The fourth-order valence-corrected chi connectivity index (χ4v) is 2.77. The van der Waals surface area contributed by atoms with Crippen LogP contribution < -0.4 is 5.32 Å². The topological polar surface area (TPSA) is 112 Å². The van der Waals surface area contributed by atoms with Gasteiger partial charge in [-0.25, -0.2) is 9.97 Å². The highest BCUT2D eigenvalue weighted by molar-refractivity contribution is 5.78. The largest absolute Gasteiger partial charge is 0.356 e. The number of nitrogens with zero attached hydrogens (tertiary/aromatic N) is 6. The van der Waals surface area contributed by atoms with Crippen LogP contribution in [0.15, 0.2) is 54.9 Å². The maximum Gasteiger partial charge on any atom is 0.356 e. The van der Waals surface area contributed by atoms with Gasteiger partial charge < -0.3 is 5.32 Å². The van der Waals surface area contributed by atoms with E-state index in [1.54, 1.807) is 12.1 Å². The molecule has 0 spiro atoms. The summed E-state index contributed by atoms with van der Waals surface area (Å²) in [6.45, 7) is 2.06. The molecule has 0 radical (unpaired) electrons. The molecular weight excluding hydrogens is 346 g/mol. The summed E-state index contributed by atoms with van der Waals surface area (Å²) in [5.41, 5.74) is 2.84. The second-order valence-electron chi connectivity index (χ2n) is 5.82. The van der Waals surface area contributed by atoms with E-state index in [1.807, 2.05) is 36.4 Å². The van der Waals surface area contributed by atoms with Crippen molar-refractivity contribution in [1.82, 2.24) is 25.0 Å². The van der Waals surface area contributed by atoms with Crippen molar-refractivity contribution in [1.29, 1.82) is 0 Å². The molecule has 9 nitrogen and oxygen atoms in total. The molecule has 27 heavy (non-hydrogen) atoms. The van der Waals surface area contributed by atoms with Crippen molar-refractivity contribution < 1.29 is 4.92 Å². The van der Waals surface area contributed by atoms with Crippen molar-refractivity contribution in [3.63, 3.8) is 0 Å². The Labute approximate surface area is 153 Å². The van der Waals surface area contributed by atoms with Crippen LogP contribution in [0.5, 0.6) is 0 Å². The zero-order chi connectivity index (χ0) is 18.8. The first-order valence-electron chi connectivity index (χ1n) is 8.33. The van der Waals surface area contributed by atoms with Crippen molar-refractivity contribution in [2.75, 3.05) is 5.32 Å². The van der Waals surface area contributed by atoms with Gasteiger partial charge in [0.1, 0.15) is 11.8 Å². The molecule has 0 saturated heterocycles. The number of nitro groups is 1. The van der Waals surface area contributed by atoms with E-state index < -0.39 is 4.92 Å². The Morgan fingerprint density at radius 1 is 1.11 bits per heavy atom. The normalized spacial score (nSPS) is 10.9. The van der Waals surface area contributed by atoms with Crippen molar-refractivity contribution in [2.24, 2.45) is 0 Å². The van der Waals surface area contributed by atoms with Gasteiger partial charge in [-0.15, -0.1) is 5.10 Å². The minimum absolute atomic E-state index is 0.0522. The molecule has 0 bridgehead atoms. The van der Waals surface area contributed by atoms with Crippen LogP contribution in [-0.2, 0) is 6.42 Å². The van der Waals surface area contributed by atoms with E-state index in [1.165, 1.54) is 16.6 Å². The van der Waals surface area contributed by atoms with Gasteiger partial charge in [0.2, 0.25) is 11.6 Å². The number of hydrogen-bond acceptors (Lipinski definition) is 7. The van der Waals surface area contributed by atoms with Crippen molar-refractivity contribution in [3.8, 4) is 5.82 Å². The molecule has 2 aromatic carbocycles. The zero-order valence-electron chi connectivity index (χ0n) is 14.4. The molecule has 0 fully saturated rings. The lowest BCUT2D eigenvalue weighted by atomic mass is 10.1. The van der Waals surface area contributed by atoms with Gasteiger partial charge in [0, 0.05) is 5.69 Å². The molecular formula is C18H15N7O2. The molecule has 0 aliphatic rings. The van der Waals surface area contributed by atoms with Gasteiger partial charge in [-0.05, 0) is 36.2 Å². The van der Waals surface area contributed by atoms with Gasteiger partial charge in [-0.1, -0.05) is 36.4 Å². The number of benzene rings is 2. The number of hydrogen-bond donors (Lipinski definition) is 1. The van der Waals surface area contributed by atoms with Gasteiger partial charge >= 0.3 is 5.69 Å². The van der Waals surface area contributed by atoms with Crippen LogP contribution in [0, 0.1) is 10.1 Å². The van der Waals surface area contributed by atoms with Crippen LogP contribution in [0.25, 0.3) is 16.9 Å². The first-order chi connectivity index (χ1) is 13.2. The summed E-state index contributed by atoms with van der Waals surface area (Å²) < 4.78 is 1.35. The summed E-state index contributed by atoms with van der Waals surface area (Å²) in [5.74, 6) is 0.144. The van der Waals surface area contributed by atoms with Crippen molar-refractivity contribution >= 4 is 28.2 Å². The number of anilines is 2. The highest BCUT2D eigenvalue weighted by Crippen LogP contribution is 2.31. The monoisotopic (exact) mass is 361 g/mol. The first kappa shape index (κ1) is 16.6. The van der Waals surface area contributed by atoms with Gasteiger partial charge in [0.25, 0.3) is 0 Å². The second-order valence-corrected chi connectivity index (χ2v) is 5.82. The molecule has 1 N–H and O–H groups in total. The average molecular weight is 361 g/mol. The molecule has 0 saturated carbocycles. The third-order valence-corrected chi connectivity index (χ3v) is 4.16. The molecule has 2 heterocycles. The highest BCUT2D eigenvalue weighted by Gasteiger charge is 2.26. The smallest absolute Gasteiger partial charge is 0.334 e. The Hall–Kier alpha value is -3.88. The lowest BCUT2D eigenvalue weighted by Crippen LogP contribution is -2.09. The van der Waals surface area contributed by atoms with E-state index in [4.69, 9.17) is 0 Å². The van der Waals surface area contributed by atoms with Gasteiger partial charge in [0.15, 0.2) is 0 Å². The number of fused-ring (bicyclic) bond motifs is 1. The molecule has 4 rings (SSSR count). The predicted molar refractivity (Wildman–Crippen MR) is 100 cm³/mol. The molecule has 0 aliphatic carbocycles. The summed E-state index contributed by atoms with van der Waals surface area (Å²) >= 11 is 0. The summed E-state index contributed by atoms with van der Waals surface area (Å²) in [6, 6.07) is 14.8. The van der Waals surface area contributed by atoms with Crippen LogP contribution in [-0.4, -0.2) is 29.9 Å². The van der Waals surface area contributed by atoms with E-state index >= 15 is 0 Å². The fourth-order valence-electron chi connectivity index (χ4n) is 2.77. The molecule has 2 aromatic heterocycles. The first-order valence-corrected chi connectivity index (χ1v) is 8.33. The van der Waals surface area contributed by atoms with E-state index in [0.717, 1.165) is 6.42 Å². The van der Waals surface area contributed by atoms with Crippen LogP contribution >= 0.6 is 0 Å². The highest BCUT2D eigenvalue weighted by atomic mass is 16.6. The number of nitrogens with one attached hydrogen (secondary N) is 1. The van der Waals surface area contributed by atoms with E-state index in [-0.39, 0.29) is 17.3 Å². The quantitative estimate of drug-likeness (QED) is 0.428. The van der Waals surface area contributed by atoms with Crippen LogP contribution in [0.1, 0.15) is 12.5 Å². The second kappa shape index (κ2) is 6.79. The standard InChI is InChI=1S/C18H15N7O2/c1-2-12-7-9-13(10-8-12)21-17-16(25(26)27)18(20-11-19-17)24-15-6-4-3-5-14(15)22-23-24/h3-11H,2H2,1H3,(H,19,20,21). The summed E-state index contributed by atoms with van der Waals surface area (Å²) in [5, 5.41) is 22.9. The minimum Gasteiger partial charge on any atom is -0.334 e. The Bertz CT molecular complexity index is 1120. The molecule has 4 aromatic rings. The van der Waals surface area contributed by atoms with Crippen LogP contribution in [0.3, 0.4) is 0 Å². The lowest BCUT2D eigenvalue weighted by Gasteiger charge is -2.09. The van der Waals surface area contributed by atoms with E-state index in [9.17, 15) is 10.1 Å². The SMILES string of the molecule is CCc1ccc(Nc2ncnc(-n3nnc4ccccc43)c2[N+](=O)[O-])cc1. The third-order valence-electron chi connectivity index (χ3n) is 4.16. The predicted octanol–water partition coefficient (Wildman–Crippen LogP) is 3.42. The number of para-hydroxylation sites is 1. The Morgan fingerprint density at radius 2 is 1.89 bits per heavy atom. The molecule has 0 atom stereocenters. The Kier molecular flexibility index (Phi) is 4.17.